The highest BCUT2D eigenvalue weighted by molar-refractivity contribution is 9.10. The maximum Gasteiger partial charge on any atom is 0.164 e. The molecule has 0 fully saturated rings. The molecule has 1 aromatic heterocycles. The topological polar surface area (TPSA) is 38.7 Å². The number of hydrogen-bond acceptors (Lipinski definition) is 3. The first kappa shape index (κ1) is 24.2. The van der Waals surface area contributed by atoms with Crippen molar-refractivity contribution < 1.29 is 0 Å². The maximum absolute atomic E-state index is 6.33. The minimum Gasteiger partial charge on any atom is -0.208 e. The fourth-order valence-corrected chi connectivity index (χ4v) is 5.04. The number of halogens is 2. The van der Waals surface area contributed by atoms with Gasteiger partial charge in [-0.15, -0.1) is 0 Å². The molecular weight excluding hydrogens is 554 g/mol. The normalized spacial score (nSPS) is 10.9. The molecule has 0 aliphatic carbocycles. The molecular formula is C33H21BrClN3. The minimum absolute atomic E-state index is 0.634. The van der Waals surface area contributed by atoms with Crippen LogP contribution in [0.2, 0.25) is 5.02 Å². The third-order valence-corrected chi connectivity index (χ3v) is 7.23. The molecule has 0 N–H and O–H groups in total. The third-order valence-electron chi connectivity index (χ3n) is 6.30. The van der Waals surface area contributed by atoms with Crippen LogP contribution in [-0.4, -0.2) is 15.0 Å². The smallest absolute Gasteiger partial charge is 0.164 e. The van der Waals surface area contributed by atoms with E-state index in [1.54, 1.807) is 0 Å². The van der Waals surface area contributed by atoms with Crippen LogP contribution >= 0.6 is 27.5 Å². The molecule has 0 spiro atoms. The number of benzene rings is 5. The molecule has 0 bridgehead atoms. The Morgan fingerprint density at radius 1 is 0.421 bits per heavy atom. The number of rotatable bonds is 5. The van der Waals surface area contributed by atoms with E-state index < -0.39 is 0 Å². The van der Waals surface area contributed by atoms with Gasteiger partial charge in [0, 0.05) is 26.2 Å². The molecule has 6 rings (SSSR count). The molecule has 38 heavy (non-hydrogen) atoms. The third kappa shape index (κ3) is 5.01. The van der Waals surface area contributed by atoms with Gasteiger partial charge < -0.3 is 0 Å². The quantitative estimate of drug-likeness (QED) is 0.206. The first-order valence-electron chi connectivity index (χ1n) is 12.2. The van der Waals surface area contributed by atoms with E-state index in [0.717, 1.165) is 43.4 Å². The molecule has 5 aromatic carbocycles. The molecule has 1 heterocycles. The van der Waals surface area contributed by atoms with Gasteiger partial charge >= 0.3 is 0 Å². The van der Waals surface area contributed by atoms with Crippen LogP contribution in [0.3, 0.4) is 0 Å². The highest BCUT2D eigenvalue weighted by Gasteiger charge is 2.14. The lowest BCUT2D eigenvalue weighted by Crippen LogP contribution is -2.00. The van der Waals surface area contributed by atoms with Crippen molar-refractivity contribution in [3.63, 3.8) is 0 Å². The van der Waals surface area contributed by atoms with E-state index in [4.69, 9.17) is 26.6 Å². The van der Waals surface area contributed by atoms with Crippen molar-refractivity contribution in [2.45, 2.75) is 0 Å². The molecule has 182 valence electrons. The van der Waals surface area contributed by atoms with Crippen molar-refractivity contribution in [2.24, 2.45) is 0 Å². The summed E-state index contributed by atoms with van der Waals surface area (Å²) in [7, 11) is 0. The van der Waals surface area contributed by atoms with Gasteiger partial charge in [0.25, 0.3) is 0 Å². The highest BCUT2D eigenvalue weighted by atomic mass is 79.9. The predicted molar refractivity (Wildman–Crippen MR) is 160 cm³/mol. The lowest BCUT2D eigenvalue weighted by atomic mass is 9.94. The second kappa shape index (κ2) is 10.7. The average molecular weight is 575 g/mol. The second-order valence-electron chi connectivity index (χ2n) is 8.79. The number of aromatic nitrogens is 3. The first-order chi connectivity index (χ1) is 18.7. The highest BCUT2D eigenvalue weighted by Crippen LogP contribution is 2.38. The van der Waals surface area contributed by atoms with Gasteiger partial charge in [0.2, 0.25) is 0 Å². The molecule has 6 aromatic rings. The van der Waals surface area contributed by atoms with Gasteiger partial charge in [-0.25, -0.2) is 15.0 Å². The predicted octanol–water partition coefficient (Wildman–Crippen LogP) is 9.62. The number of nitrogens with zero attached hydrogens (tertiary/aromatic N) is 3. The van der Waals surface area contributed by atoms with Gasteiger partial charge in [0.1, 0.15) is 0 Å². The van der Waals surface area contributed by atoms with Crippen molar-refractivity contribution in [3.8, 4) is 56.4 Å². The van der Waals surface area contributed by atoms with E-state index in [2.05, 4.69) is 58.4 Å². The Kier molecular flexibility index (Phi) is 6.82. The van der Waals surface area contributed by atoms with Gasteiger partial charge in [-0.1, -0.05) is 137 Å². The van der Waals surface area contributed by atoms with Crippen molar-refractivity contribution in [1.82, 2.24) is 15.0 Å². The molecule has 3 nitrogen and oxygen atoms in total. The largest absolute Gasteiger partial charge is 0.208 e. The fourth-order valence-electron chi connectivity index (χ4n) is 4.41. The Hall–Kier alpha value is -4.12. The van der Waals surface area contributed by atoms with Gasteiger partial charge in [0.05, 0.1) is 0 Å². The Balaban J connectivity index is 1.43. The van der Waals surface area contributed by atoms with Crippen molar-refractivity contribution in [3.05, 3.63) is 137 Å². The van der Waals surface area contributed by atoms with Crippen LogP contribution in [0.15, 0.2) is 132 Å². The van der Waals surface area contributed by atoms with Crippen LogP contribution in [0.4, 0.5) is 0 Å². The average Bonchev–Trinajstić information content (AvgIpc) is 2.99. The summed E-state index contributed by atoms with van der Waals surface area (Å²) in [6.45, 7) is 0. The summed E-state index contributed by atoms with van der Waals surface area (Å²) in [5, 5.41) is 0.701. The fraction of sp³-hybridized carbons (Fsp3) is 0. The van der Waals surface area contributed by atoms with Crippen LogP contribution in [0.1, 0.15) is 0 Å². The van der Waals surface area contributed by atoms with E-state index in [9.17, 15) is 0 Å². The summed E-state index contributed by atoms with van der Waals surface area (Å²) in [6.07, 6.45) is 0. The Bertz CT molecular complexity index is 1660. The molecule has 0 saturated heterocycles. The van der Waals surface area contributed by atoms with E-state index in [-0.39, 0.29) is 0 Å². The summed E-state index contributed by atoms with van der Waals surface area (Å²) in [5.41, 5.74) is 7.19. The van der Waals surface area contributed by atoms with Gasteiger partial charge in [-0.3, -0.25) is 0 Å². The van der Waals surface area contributed by atoms with E-state index >= 15 is 0 Å². The van der Waals surface area contributed by atoms with Gasteiger partial charge in [0.15, 0.2) is 17.5 Å². The number of hydrogen-bond donors (Lipinski definition) is 0. The Morgan fingerprint density at radius 2 is 0.868 bits per heavy atom. The standard InChI is InChI=1S/C33H21BrClN3/c34-30-20-19-26(35)21-29(30)28-14-8-7-13-27(28)22-15-17-25(18-16-22)33-37-31(23-9-3-1-4-10-23)36-32(38-33)24-11-5-2-6-12-24/h1-21H. The van der Waals surface area contributed by atoms with Crippen molar-refractivity contribution >= 4 is 27.5 Å². The summed E-state index contributed by atoms with van der Waals surface area (Å²) in [4.78, 5) is 14.5. The molecule has 5 heteroatoms. The van der Waals surface area contributed by atoms with Crippen LogP contribution in [-0.2, 0) is 0 Å². The molecule has 0 radical (unpaired) electrons. The van der Waals surface area contributed by atoms with Crippen LogP contribution in [0, 0.1) is 0 Å². The van der Waals surface area contributed by atoms with E-state index in [0.29, 0.717) is 22.5 Å². The molecule has 0 unspecified atom stereocenters. The minimum atomic E-state index is 0.634. The van der Waals surface area contributed by atoms with Crippen molar-refractivity contribution in [1.29, 1.82) is 0 Å². The summed E-state index contributed by atoms with van der Waals surface area (Å²) in [5.74, 6) is 1.93. The van der Waals surface area contributed by atoms with E-state index in [1.807, 2.05) is 84.9 Å². The van der Waals surface area contributed by atoms with E-state index in [1.165, 1.54) is 0 Å². The van der Waals surface area contributed by atoms with Crippen LogP contribution in [0.25, 0.3) is 56.4 Å². The Labute approximate surface area is 235 Å². The molecule has 0 saturated carbocycles. The monoisotopic (exact) mass is 573 g/mol. The zero-order valence-electron chi connectivity index (χ0n) is 20.2. The van der Waals surface area contributed by atoms with Crippen molar-refractivity contribution in [2.75, 3.05) is 0 Å². The first-order valence-corrected chi connectivity index (χ1v) is 13.3. The molecule has 0 amide bonds. The zero-order valence-corrected chi connectivity index (χ0v) is 22.6. The van der Waals surface area contributed by atoms with Gasteiger partial charge in [-0.05, 0) is 40.5 Å². The molecule has 0 aliphatic heterocycles. The summed E-state index contributed by atoms with van der Waals surface area (Å²) >= 11 is 10.0. The SMILES string of the molecule is Clc1ccc(Br)c(-c2ccccc2-c2ccc(-c3nc(-c4ccccc4)nc(-c4ccccc4)n3)cc2)c1. The zero-order chi connectivity index (χ0) is 25.9. The molecule has 0 atom stereocenters. The second-order valence-corrected chi connectivity index (χ2v) is 10.1. The Morgan fingerprint density at radius 3 is 1.42 bits per heavy atom. The summed E-state index contributed by atoms with van der Waals surface area (Å²) in [6, 6.07) is 42.5. The van der Waals surface area contributed by atoms with Gasteiger partial charge in [-0.2, -0.15) is 0 Å². The molecule has 0 aliphatic rings. The maximum atomic E-state index is 6.33. The van der Waals surface area contributed by atoms with Crippen LogP contribution in [0.5, 0.6) is 0 Å². The lowest BCUT2D eigenvalue weighted by molar-refractivity contribution is 1.07. The summed E-state index contributed by atoms with van der Waals surface area (Å²) < 4.78 is 0.998. The lowest BCUT2D eigenvalue weighted by Gasteiger charge is -2.13. The van der Waals surface area contributed by atoms with Crippen LogP contribution < -0.4 is 0 Å².